The summed E-state index contributed by atoms with van der Waals surface area (Å²) >= 11 is 1.51. The monoisotopic (exact) mass is 513 g/mol. The van der Waals surface area contributed by atoms with Crippen molar-refractivity contribution in [2.45, 2.75) is 50.5 Å². The van der Waals surface area contributed by atoms with Crippen molar-refractivity contribution in [2.75, 3.05) is 31.1 Å². The summed E-state index contributed by atoms with van der Waals surface area (Å²) in [7, 11) is -3.65. The molecule has 0 radical (unpaired) electrons. The van der Waals surface area contributed by atoms with E-state index in [1.807, 2.05) is 0 Å². The number of hydrogen-bond acceptors (Lipinski definition) is 6. The number of rotatable bonds is 6. The number of nitrogens with zero attached hydrogens (tertiary/aromatic N) is 3. The number of benzene rings is 2. The number of thiazole rings is 1. The average Bonchev–Trinajstić information content (AvgIpc) is 3.53. The van der Waals surface area contributed by atoms with E-state index >= 15 is 0 Å². The molecule has 7 nitrogen and oxygen atoms in total. The maximum Gasteiger partial charge on any atom is 0.243 e. The molecule has 0 N–H and O–H groups in total. The normalized spacial score (nSPS) is 21.4. The minimum atomic E-state index is -3.65. The van der Waals surface area contributed by atoms with Gasteiger partial charge in [-0.3, -0.25) is 9.69 Å². The number of aromatic nitrogens is 1. The standard InChI is InChI=1S/C26H31N3O4S2/c1-18-14-23-24(15-19(18)2)34-26(27-23)29(17-21-9-7-13-33-21)25(30)20-8-6-12-28(16-20)35(31,32)22-10-4-3-5-11-22/h3-5,10-11,14-15,20-21H,6-9,12-13,16-17H2,1-2H3. The highest BCUT2D eigenvalue weighted by Crippen LogP contribution is 2.34. The average molecular weight is 514 g/mol. The van der Waals surface area contributed by atoms with E-state index < -0.39 is 15.9 Å². The first-order chi connectivity index (χ1) is 16.8. The molecule has 3 heterocycles. The minimum Gasteiger partial charge on any atom is -0.376 e. The number of piperidine rings is 1. The van der Waals surface area contributed by atoms with Gasteiger partial charge in [-0.25, -0.2) is 13.4 Å². The van der Waals surface area contributed by atoms with Crippen molar-refractivity contribution in [3.8, 4) is 0 Å². The number of aryl methyl sites for hydroxylation is 2. The Morgan fingerprint density at radius 3 is 2.66 bits per heavy atom. The van der Waals surface area contributed by atoms with Crippen LogP contribution >= 0.6 is 11.3 Å². The van der Waals surface area contributed by atoms with Gasteiger partial charge in [0.15, 0.2) is 5.13 Å². The summed E-state index contributed by atoms with van der Waals surface area (Å²) in [6, 6.07) is 12.6. The number of amides is 1. The van der Waals surface area contributed by atoms with Gasteiger partial charge in [-0.05, 0) is 74.9 Å². The van der Waals surface area contributed by atoms with Gasteiger partial charge < -0.3 is 4.74 Å². The molecule has 1 amide bonds. The Bertz CT molecular complexity index is 1280. The predicted octanol–water partition coefficient (Wildman–Crippen LogP) is 4.53. The van der Waals surface area contributed by atoms with Gasteiger partial charge in [-0.1, -0.05) is 29.5 Å². The fourth-order valence-corrected chi connectivity index (χ4v) is 7.47. The molecular formula is C26H31N3O4S2. The zero-order valence-corrected chi connectivity index (χ0v) is 21.8. The Kier molecular flexibility index (Phi) is 6.94. The SMILES string of the molecule is Cc1cc2nc(N(CC3CCCO3)C(=O)C3CCCN(S(=O)(=O)c4ccccc4)C3)sc2cc1C. The highest BCUT2D eigenvalue weighted by molar-refractivity contribution is 7.89. The third-order valence-corrected chi connectivity index (χ3v) is 9.93. The Hall–Kier alpha value is -2.33. The van der Waals surface area contributed by atoms with E-state index in [1.165, 1.54) is 26.8 Å². The number of carbonyl (C=O) groups excluding carboxylic acids is 1. The van der Waals surface area contributed by atoms with Crippen molar-refractivity contribution in [3.05, 3.63) is 53.6 Å². The van der Waals surface area contributed by atoms with Gasteiger partial charge in [-0.2, -0.15) is 4.31 Å². The van der Waals surface area contributed by atoms with Crippen molar-refractivity contribution in [1.29, 1.82) is 0 Å². The number of carbonyl (C=O) groups is 1. The number of fused-ring (bicyclic) bond motifs is 1. The lowest BCUT2D eigenvalue weighted by molar-refractivity contribution is -0.123. The van der Waals surface area contributed by atoms with Crippen LogP contribution in [0.5, 0.6) is 0 Å². The van der Waals surface area contributed by atoms with Crippen LogP contribution in [0.25, 0.3) is 10.2 Å². The van der Waals surface area contributed by atoms with Gasteiger partial charge in [-0.15, -0.1) is 0 Å². The molecule has 2 saturated heterocycles. The summed E-state index contributed by atoms with van der Waals surface area (Å²) in [5.41, 5.74) is 3.24. The minimum absolute atomic E-state index is 0.0258. The lowest BCUT2D eigenvalue weighted by Gasteiger charge is -2.34. The second kappa shape index (κ2) is 9.97. The topological polar surface area (TPSA) is 79.8 Å². The molecule has 0 aliphatic carbocycles. The molecule has 0 bridgehead atoms. The van der Waals surface area contributed by atoms with Crippen LogP contribution in [-0.2, 0) is 19.6 Å². The van der Waals surface area contributed by atoms with E-state index in [0.717, 1.165) is 23.1 Å². The van der Waals surface area contributed by atoms with E-state index in [-0.39, 0.29) is 23.5 Å². The summed E-state index contributed by atoms with van der Waals surface area (Å²) in [5.74, 6) is -0.486. The largest absolute Gasteiger partial charge is 0.376 e. The first-order valence-electron chi connectivity index (χ1n) is 12.2. The number of ether oxygens (including phenoxy) is 1. The molecule has 2 fully saturated rings. The van der Waals surface area contributed by atoms with Crippen LogP contribution in [-0.4, -0.2) is 56.0 Å². The van der Waals surface area contributed by atoms with E-state index in [9.17, 15) is 13.2 Å². The fraction of sp³-hybridized carbons (Fsp3) is 0.462. The zero-order chi connectivity index (χ0) is 24.6. The Labute approximate surface area is 210 Å². The van der Waals surface area contributed by atoms with E-state index in [0.29, 0.717) is 37.7 Å². The van der Waals surface area contributed by atoms with Crippen molar-refractivity contribution >= 4 is 42.6 Å². The van der Waals surface area contributed by atoms with E-state index in [2.05, 4.69) is 26.0 Å². The lowest BCUT2D eigenvalue weighted by Crippen LogP contribution is -2.48. The maximum atomic E-state index is 13.9. The third-order valence-electron chi connectivity index (χ3n) is 7.01. The van der Waals surface area contributed by atoms with Crippen LogP contribution < -0.4 is 4.90 Å². The second-order valence-corrected chi connectivity index (χ2v) is 12.4. The third kappa shape index (κ3) is 5.00. The smallest absolute Gasteiger partial charge is 0.243 e. The Morgan fingerprint density at radius 1 is 1.14 bits per heavy atom. The molecule has 35 heavy (non-hydrogen) atoms. The van der Waals surface area contributed by atoms with Crippen molar-refractivity contribution in [1.82, 2.24) is 9.29 Å². The summed E-state index contributed by atoms with van der Waals surface area (Å²) in [6.07, 6.45) is 3.17. The molecule has 186 valence electrons. The molecule has 2 atom stereocenters. The number of sulfonamides is 1. The second-order valence-electron chi connectivity index (χ2n) is 9.50. The van der Waals surface area contributed by atoms with E-state index in [1.54, 1.807) is 35.2 Å². The zero-order valence-electron chi connectivity index (χ0n) is 20.1. The Balaban J connectivity index is 1.43. The molecular weight excluding hydrogens is 482 g/mol. The molecule has 5 rings (SSSR count). The number of hydrogen-bond donors (Lipinski definition) is 0. The van der Waals surface area contributed by atoms with Crippen LogP contribution in [0.4, 0.5) is 5.13 Å². The van der Waals surface area contributed by atoms with Crippen LogP contribution in [0, 0.1) is 19.8 Å². The molecule has 2 unspecified atom stereocenters. The molecule has 1 aromatic heterocycles. The molecule has 3 aromatic rings. The van der Waals surface area contributed by atoms with Gasteiger partial charge in [0.1, 0.15) is 0 Å². The van der Waals surface area contributed by atoms with Crippen LogP contribution in [0.1, 0.15) is 36.8 Å². The van der Waals surface area contributed by atoms with Crippen LogP contribution in [0.3, 0.4) is 0 Å². The summed E-state index contributed by atoms with van der Waals surface area (Å²) < 4.78 is 34.8. The molecule has 9 heteroatoms. The van der Waals surface area contributed by atoms with Crippen LogP contribution in [0.2, 0.25) is 0 Å². The first kappa shape index (κ1) is 24.4. The summed E-state index contributed by atoms with van der Waals surface area (Å²) in [5, 5.41) is 0.661. The maximum absolute atomic E-state index is 13.9. The van der Waals surface area contributed by atoms with Gasteiger partial charge in [0.05, 0.1) is 33.7 Å². The summed E-state index contributed by atoms with van der Waals surface area (Å²) in [4.78, 5) is 20.8. The van der Waals surface area contributed by atoms with Crippen molar-refractivity contribution in [2.24, 2.45) is 5.92 Å². The van der Waals surface area contributed by atoms with Gasteiger partial charge in [0.25, 0.3) is 0 Å². The molecule has 2 aromatic carbocycles. The van der Waals surface area contributed by atoms with Crippen molar-refractivity contribution in [3.63, 3.8) is 0 Å². The van der Waals surface area contributed by atoms with Gasteiger partial charge in [0.2, 0.25) is 15.9 Å². The number of anilines is 1. The molecule has 0 spiro atoms. The highest BCUT2D eigenvalue weighted by Gasteiger charge is 2.37. The van der Waals surface area contributed by atoms with Crippen molar-refractivity contribution < 1.29 is 17.9 Å². The lowest BCUT2D eigenvalue weighted by atomic mass is 9.98. The van der Waals surface area contributed by atoms with Gasteiger partial charge in [0, 0.05) is 19.7 Å². The fourth-order valence-electron chi connectivity index (χ4n) is 4.86. The van der Waals surface area contributed by atoms with Crippen LogP contribution in [0.15, 0.2) is 47.4 Å². The van der Waals surface area contributed by atoms with Gasteiger partial charge >= 0.3 is 0 Å². The predicted molar refractivity (Wildman–Crippen MR) is 138 cm³/mol. The molecule has 2 aliphatic rings. The van der Waals surface area contributed by atoms with E-state index in [4.69, 9.17) is 9.72 Å². The Morgan fingerprint density at radius 2 is 1.91 bits per heavy atom. The highest BCUT2D eigenvalue weighted by atomic mass is 32.2. The quantitative estimate of drug-likeness (QED) is 0.484. The molecule has 0 saturated carbocycles. The summed E-state index contributed by atoms with van der Waals surface area (Å²) in [6.45, 7) is 5.89. The first-order valence-corrected chi connectivity index (χ1v) is 14.4. The molecule has 2 aliphatic heterocycles.